The number of pyridine rings is 1. The van der Waals surface area contributed by atoms with Crippen molar-refractivity contribution in [2.75, 3.05) is 17.2 Å². The number of ether oxygens (including phenoxy) is 1. The summed E-state index contributed by atoms with van der Waals surface area (Å²) in [5.74, 6) is -1.17. The van der Waals surface area contributed by atoms with Crippen molar-refractivity contribution >= 4 is 44.4 Å². The molecule has 0 bridgehead atoms. The summed E-state index contributed by atoms with van der Waals surface area (Å²) < 4.78 is 5.61. The van der Waals surface area contributed by atoms with Crippen LogP contribution in [0.2, 0.25) is 0 Å². The molecule has 2 heterocycles. The van der Waals surface area contributed by atoms with Gasteiger partial charge in [-0.1, -0.05) is 53.8 Å². The Bertz CT molecular complexity index is 1460. The number of nitrogens with zero attached hydrogens (tertiary/aromatic N) is 3. The Labute approximate surface area is 242 Å². The molecule has 0 saturated carbocycles. The molecule has 0 aliphatic rings. The summed E-state index contributed by atoms with van der Waals surface area (Å²) in [5, 5.41) is 25.7. The standard InChI is InChI=1S/C29H34N6O5S/c1-29(2,3)40-26(38)22(13-7-8-17-31-39-18-19-10-5-4-6-11-19)32-27-34-35-28(41-27)33-25(37)21-15-14-20-12-9-16-30-23(20)24(21)36/h4-6,9-12,14-16,22,31,36H,7-8,13,17-18H2,1-3H3,(H,32,34)(H,33,35,37)/t22-/m0/s1. The Morgan fingerprint density at radius 2 is 1.78 bits per heavy atom. The third kappa shape index (κ3) is 8.93. The predicted molar refractivity (Wildman–Crippen MR) is 158 cm³/mol. The zero-order chi connectivity index (χ0) is 29.2. The minimum absolute atomic E-state index is 0.0638. The topological polar surface area (TPSA) is 148 Å². The maximum absolute atomic E-state index is 12.9. The van der Waals surface area contributed by atoms with E-state index in [2.05, 4.69) is 31.3 Å². The first-order chi connectivity index (χ1) is 19.7. The summed E-state index contributed by atoms with van der Waals surface area (Å²) >= 11 is 1.07. The molecule has 2 aromatic carbocycles. The summed E-state index contributed by atoms with van der Waals surface area (Å²) in [4.78, 5) is 35.4. The van der Waals surface area contributed by atoms with Crippen LogP contribution in [0.15, 0.2) is 60.8 Å². The number of aromatic nitrogens is 3. The zero-order valence-electron chi connectivity index (χ0n) is 23.2. The molecule has 12 heteroatoms. The van der Waals surface area contributed by atoms with Crippen LogP contribution < -0.4 is 16.1 Å². The monoisotopic (exact) mass is 578 g/mol. The minimum atomic E-state index is -0.661. The van der Waals surface area contributed by atoms with E-state index in [1.54, 1.807) is 24.4 Å². The lowest BCUT2D eigenvalue weighted by atomic mass is 10.1. The lowest BCUT2D eigenvalue weighted by Gasteiger charge is -2.24. The lowest BCUT2D eigenvalue weighted by Crippen LogP contribution is -2.36. The highest BCUT2D eigenvalue weighted by molar-refractivity contribution is 7.19. The number of fused-ring (bicyclic) bond motifs is 1. The second-order valence-electron chi connectivity index (χ2n) is 10.3. The maximum Gasteiger partial charge on any atom is 0.329 e. The van der Waals surface area contributed by atoms with Gasteiger partial charge in [0.05, 0.1) is 12.2 Å². The molecule has 4 rings (SSSR count). The highest BCUT2D eigenvalue weighted by Crippen LogP contribution is 2.29. The zero-order valence-corrected chi connectivity index (χ0v) is 24.0. The van der Waals surface area contributed by atoms with Crippen LogP contribution in [0.4, 0.5) is 10.3 Å². The van der Waals surface area contributed by atoms with Gasteiger partial charge >= 0.3 is 5.97 Å². The SMILES string of the molecule is CC(C)(C)OC(=O)[C@H](CCCCNOCc1ccccc1)Nc1nnc(NC(=O)c2ccc3cccnc3c2O)s1. The first-order valence-electron chi connectivity index (χ1n) is 13.3. The molecule has 0 spiro atoms. The van der Waals surface area contributed by atoms with Crippen molar-refractivity contribution in [2.45, 2.75) is 58.3 Å². The summed E-state index contributed by atoms with van der Waals surface area (Å²) in [6.07, 6.45) is 3.53. The van der Waals surface area contributed by atoms with Gasteiger partial charge in [-0.3, -0.25) is 19.9 Å². The number of carbonyl (C=O) groups is 2. The average molecular weight is 579 g/mol. The molecule has 41 heavy (non-hydrogen) atoms. The Morgan fingerprint density at radius 3 is 2.56 bits per heavy atom. The van der Waals surface area contributed by atoms with E-state index in [9.17, 15) is 14.7 Å². The molecule has 11 nitrogen and oxygen atoms in total. The Hall–Kier alpha value is -4.13. The van der Waals surface area contributed by atoms with Gasteiger partial charge in [0.25, 0.3) is 5.91 Å². The van der Waals surface area contributed by atoms with Crippen molar-refractivity contribution in [1.29, 1.82) is 0 Å². The molecule has 216 valence electrons. The first-order valence-corrected chi connectivity index (χ1v) is 14.1. The van der Waals surface area contributed by atoms with Crippen molar-refractivity contribution in [3.63, 3.8) is 0 Å². The van der Waals surface area contributed by atoms with E-state index in [0.29, 0.717) is 35.6 Å². The molecular formula is C29H34N6O5S. The molecule has 4 aromatic rings. The second-order valence-corrected chi connectivity index (χ2v) is 11.3. The summed E-state index contributed by atoms with van der Waals surface area (Å²) in [6.45, 7) is 6.53. The van der Waals surface area contributed by atoms with Crippen molar-refractivity contribution in [2.24, 2.45) is 0 Å². The fourth-order valence-corrected chi connectivity index (χ4v) is 4.60. The minimum Gasteiger partial charge on any atom is -0.505 e. The summed E-state index contributed by atoms with van der Waals surface area (Å²) in [7, 11) is 0. The normalized spacial score (nSPS) is 12.2. The Morgan fingerprint density at radius 1 is 1.00 bits per heavy atom. The molecule has 1 atom stereocenters. The summed E-state index contributed by atoms with van der Waals surface area (Å²) in [6, 6.07) is 16.0. The molecule has 0 aliphatic carbocycles. The van der Waals surface area contributed by atoms with Crippen LogP contribution in [0.25, 0.3) is 10.9 Å². The van der Waals surface area contributed by atoms with Gasteiger partial charge in [0.2, 0.25) is 10.3 Å². The number of anilines is 2. The molecule has 0 aliphatic heterocycles. The fraction of sp³-hybridized carbons (Fsp3) is 0.345. The number of unbranched alkanes of at least 4 members (excludes halogenated alkanes) is 1. The van der Waals surface area contributed by atoms with Crippen LogP contribution in [0.1, 0.15) is 56.0 Å². The van der Waals surface area contributed by atoms with Gasteiger partial charge in [-0.15, -0.1) is 10.2 Å². The van der Waals surface area contributed by atoms with Gasteiger partial charge in [-0.25, -0.2) is 10.3 Å². The van der Waals surface area contributed by atoms with Gasteiger partial charge in [0.1, 0.15) is 17.2 Å². The van der Waals surface area contributed by atoms with E-state index in [1.807, 2.05) is 51.1 Å². The van der Waals surface area contributed by atoms with Gasteiger partial charge in [-0.05, 0) is 57.7 Å². The van der Waals surface area contributed by atoms with Gasteiger partial charge in [-0.2, -0.15) is 0 Å². The van der Waals surface area contributed by atoms with Crippen molar-refractivity contribution in [1.82, 2.24) is 20.7 Å². The lowest BCUT2D eigenvalue weighted by molar-refractivity contribution is -0.156. The number of benzene rings is 2. The molecule has 0 saturated heterocycles. The maximum atomic E-state index is 12.9. The highest BCUT2D eigenvalue weighted by atomic mass is 32.1. The number of hydroxylamine groups is 1. The van der Waals surface area contributed by atoms with Gasteiger partial charge < -0.3 is 15.2 Å². The number of amides is 1. The number of nitrogens with one attached hydrogen (secondary N) is 3. The van der Waals surface area contributed by atoms with Crippen LogP contribution in [-0.2, 0) is 21.0 Å². The number of phenols is 1. The van der Waals surface area contributed by atoms with Crippen molar-refractivity contribution in [3.05, 3.63) is 71.9 Å². The number of phenolic OH excluding ortho intramolecular Hbond substituents is 1. The van der Waals surface area contributed by atoms with Gasteiger partial charge in [0.15, 0.2) is 5.75 Å². The number of hydrogen-bond acceptors (Lipinski definition) is 11. The number of carbonyl (C=O) groups excluding carboxylic acids is 2. The number of esters is 1. The van der Waals surface area contributed by atoms with Crippen LogP contribution in [0.3, 0.4) is 0 Å². The number of rotatable bonds is 13. The molecule has 2 aromatic heterocycles. The largest absolute Gasteiger partial charge is 0.505 e. The quantitative estimate of drug-likeness (QED) is 0.0964. The van der Waals surface area contributed by atoms with Crippen LogP contribution in [0, 0.1) is 0 Å². The summed E-state index contributed by atoms with van der Waals surface area (Å²) in [5.41, 5.74) is 3.77. The molecule has 0 unspecified atom stereocenters. The Kier molecular flexibility index (Phi) is 10.2. The number of aromatic hydroxyl groups is 1. The number of hydrogen-bond donors (Lipinski definition) is 4. The van der Waals surface area contributed by atoms with E-state index in [1.165, 1.54) is 6.07 Å². The van der Waals surface area contributed by atoms with E-state index >= 15 is 0 Å². The third-order valence-electron chi connectivity index (χ3n) is 5.83. The van der Waals surface area contributed by atoms with Crippen molar-refractivity contribution in [3.8, 4) is 5.75 Å². The average Bonchev–Trinajstić information content (AvgIpc) is 3.38. The van der Waals surface area contributed by atoms with E-state index < -0.39 is 23.5 Å². The first kappa shape index (κ1) is 29.8. The van der Waals surface area contributed by atoms with E-state index in [4.69, 9.17) is 9.57 Å². The second kappa shape index (κ2) is 14.0. The molecule has 0 radical (unpaired) electrons. The molecule has 4 N–H and O–H groups in total. The van der Waals surface area contributed by atoms with E-state index in [-0.39, 0.29) is 16.4 Å². The van der Waals surface area contributed by atoms with Crippen LogP contribution >= 0.6 is 11.3 Å². The smallest absolute Gasteiger partial charge is 0.329 e. The third-order valence-corrected chi connectivity index (χ3v) is 6.60. The molecule has 1 amide bonds. The molecular weight excluding hydrogens is 544 g/mol. The van der Waals surface area contributed by atoms with Gasteiger partial charge in [0, 0.05) is 18.1 Å². The Balaban J connectivity index is 1.31. The highest BCUT2D eigenvalue weighted by Gasteiger charge is 2.26. The van der Waals surface area contributed by atoms with Crippen LogP contribution in [-0.4, -0.2) is 50.4 Å². The molecule has 0 fully saturated rings. The van der Waals surface area contributed by atoms with Crippen LogP contribution in [0.5, 0.6) is 5.75 Å². The van der Waals surface area contributed by atoms with E-state index in [0.717, 1.165) is 29.7 Å². The predicted octanol–water partition coefficient (Wildman–Crippen LogP) is 5.06. The van der Waals surface area contributed by atoms with Crippen molar-refractivity contribution < 1.29 is 24.3 Å². The fourth-order valence-electron chi connectivity index (χ4n) is 3.91.